The minimum absolute atomic E-state index is 0.0207. The van der Waals surface area contributed by atoms with Crippen molar-refractivity contribution in [3.63, 3.8) is 0 Å². The molecule has 142 valence electrons. The van der Waals surface area contributed by atoms with Gasteiger partial charge in [0.2, 0.25) is 5.82 Å². The van der Waals surface area contributed by atoms with E-state index < -0.39 is 10.5 Å². The van der Waals surface area contributed by atoms with Crippen LogP contribution in [0, 0.1) is 34.7 Å². The molecule has 4 rings (SSSR count). The molecule has 1 aromatic heterocycles. The number of hydrogen-bond donors (Lipinski definition) is 0. The Hall–Kier alpha value is -3.47. The number of oxime groups is 1. The highest BCUT2D eigenvalue weighted by Gasteiger charge is 2.46. The normalized spacial score (nSPS) is 20.5. The van der Waals surface area contributed by atoms with Crippen LogP contribution < -0.4 is 4.90 Å². The minimum Gasteiger partial charge on any atom is -0.386 e. The molecule has 3 heterocycles. The van der Waals surface area contributed by atoms with Crippen molar-refractivity contribution in [1.82, 2.24) is 4.98 Å². The van der Waals surface area contributed by atoms with Crippen molar-refractivity contribution in [2.75, 3.05) is 18.0 Å². The van der Waals surface area contributed by atoms with E-state index in [1.165, 1.54) is 18.2 Å². The Morgan fingerprint density at radius 1 is 1.32 bits per heavy atom. The van der Waals surface area contributed by atoms with Gasteiger partial charge in [0, 0.05) is 36.7 Å². The zero-order chi connectivity index (χ0) is 19.7. The van der Waals surface area contributed by atoms with Crippen molar-refractivity contribution in [1.29, 1.82) is 0 Å². The van der Waals surface area contributed by atoms with Gasteiger partial charge in [0.15, 0.2) is 5.60 Å². The van der Waals surface area contributed by atoms with Crippen LogP contribution in [0.1, 0.15) is 24.1 Å². The van der Waals surface area contributed by atoms with Crippen molar-refractivity contribution < 1.29 is 14.2 Å². The zero-order valence-corrected chi connectivity index (χ0v) is 15.2. The number of nitrogens with zero attached hydrogens (tertiary/aromatic N) is 4. The van der Waals surface area contributed by atoms with Gasteiger partial charge in [-0.25, -0.2) is 9.37 Å². The summed E-state index contributed by atoms with van der Waals surface area (Å²) in [7, 11) is 0. The number of benzene rings is 1. The molecule has 7 nitrogen and oxygen atoms in total. The molecule has 8 heteroatoms. The fourth-order valence-electron chi connectivity index (χ4n) is 3.45. The third-order valence-electron chi connectivity index (χ3n) is 4.82. The first-order valence-corrected chi connectivity index (χ1v) is 8.84. The monoisotopic (exact) mass is 380 g/mol. The maximum absolute atomic E-state index is 13.2. The summed E-state index contributed by atoms with van der Waals surface area (Å²) >= 11 is 0. The second-order valence-electron chi connectivity index (χ2n) is 6.97. The number of aryl methyl sites for hydroxylation is 1. The lowest BCUT2D eigenvalue weighted by Crippen LogP contribution is -2.34. The molecule has 2 aromatic rings. The van der Waals surface area contributed by atoms with Crippen LogP contribution in [0.5, 0.6) is 0 Å². The first-order chi connectivity index (χ1) is 13.4. The van der Waals surface area contributed by atoms with Crippen molar-refractivity contribution in [2.24, 2.45) is 5.16 Å². The molecule has 1 saturated heterocycles. The second kappa shape index (κ2) is 6.93. The molecule has 0 amide bonds. The zero-order valence-electron chi connectivity index (χ0n) is 15.2. The molecule has 2 aliphatic rings. The Morgan fingerprint density at radius 3 is 2.96 bits per heavy atom. The summed E-state index contributed by atoms with van der Waals surface area (Å²) in [5.41, 5.74) is 1.28. The predicted octanol–water partition coefficient (Wildman–Crippen LogP) is 3.21. The number of rotatable bonds is 2. The highest BCUT2D eigenvalue weighted by Crippen LogP contribution is 2.38. The quantitative estimate of drug-likeness (QED) is 0.454. The van der Waals surface area contributed by atoms with E-state index >= 15 is 0 Å². The maximum atomic E-state index is 13.2. The van der Waals surface area contributed by atoms with Crippen LogP contribution >= 0.6 is 0 Å². The van der Waals surface area contributed by atoms with E-state index in [2.05, 4.69) is 22.0 Å². The summed E-state index contributed by atoms with van der Waals surface area (Å²) in [5, 5.41) is 15.4. The SMILES string of the molecule is Cc1ccc([N+](=O)[O-])c(N2CCC3(CC(C#Cc4cccc(F)c4)=NO3)C2)n1. The number of halogens is 1. The third-order valence-corrected chi connectivity index (χ3v) is 4.82. The van der Waals surface area contributed by atoms with Crippen molar-refractivity contribution >= 4 is 17.2 Å². The standard InChI is InChI=1S/C20H17FN4O3/c1-14-5-8-18(25(26)27)19(22-14)24-10-9-20(13-24)12-17(23-28-20)7-6-15-3-2-4-16(21)11-15/h2-5,8,11H,9-10,12-13H2,1H3. The maximum Gasteiger partial charge on any atom is 0.311 e. The lowest BCUT2D eigenvalue weighted by Gasteiger charge is -2.22. The van der Waals surface area contributed by atoms with E-state index in [1.807, 2.05) is 4.90 Å². The summed E-state index contributed by atoms with van der Waals surface area (Å²) in [6.07, 6.45) is 1.17. The molecule has 0 radical (unpaired) electrons. The smallest absolute Gasteiger partial charge is 0.311 e. The molecule has 0 saturated carbocycles. The van der Waals surface area contributed by atoms with Crippen LogP contribution in [-0.4, -0.2) is 34.3 Å². The number of hydrogen-bond acceptors (Lipinski definition) is 6. The fourth-order valence-corrected chi connectivity index (χ4v) is 3.45. The highest BCUT2D eigenvalue weighted by atomic mass is 19.1. The van der Waals surface area contributed by atoms with E-state index in [1.54, 1.807) is 25.1 Å². The van der Waals surface area contributed by atoms with Gasteiger partial charge in [-0.15, -0.1) is 0 Å². The molecular weight excluding hydrogens is 363 g/mol. The van der Waals surface area contributed by atoms with Gasteiger partial charge in [-0.2, -0.15) is 0 Å². The molecule has 0 bridgehead atoms. The molecule has 28 heavy (non-hydrogen) atoms. The van der Waals surface area contributed by atoms with E-state index in [0.29, 0.717) is 48.7 Å². The number of pyridine rings is 1. The fraction of sp³-hybridized carbons (Fsp3) is 0.300. The lowest BCUT2D eigenvalue weighted by atomic mass is 9.96. The molecule has 1 fully saturated rings. The van der Waals surface area contributed by atoms with Crippen molar-refractivity contribution in [2.45, 2.75) is 25.4 Å². The third kappa shape index (κ3) is 3.51. The molecule has 1 spiro atoms. The Labute approximate surface area is 161 Å². The highest BCUT2D eigenvalue weighted by molar-refractivity contribution is 6.02. The van der Waals surface area contributed by atoms with Gasteiger partial charge in [-0.3, -0.25) is 10.1 Å². The Morgan fingerprint density at radius 2 is 2.18 bits per heavy atom. The van der Waals surface area contributed by atoms with E-state index in [9.17, 15) is 14.5 Å². The molecule has 0 aliphatic carbocycles. The van der Waals surface area contributed by atoms with E-state index in [0.717, 1.165) is 0 Å². The molecular formula is C20H17FN4O3. The lowest BCUT2D eigenvalue weighted by molar-refractivity contribution is -0.384. The van der Waals surface area contributed by atoms with E-state index in [-0.39, 0.29) is 11.5 Å². The summed E-state index contributed by atoms with van der Waals surface area (Å²) < 4.78 is 13.2. The Bertz CT molecular complexity index is 1040. The summed E-state index contributed by atoms with van der Waals surface area (Å²) in [6, 6.07) is 9.15. The first-order valence-electron chi connectivity index (χ1n) is 8.84. The number of aromatic nitrogens is 1. The van der Waals surface area contributed by atoms with Gasteiger partial charge in [0.1, 0.15) is 11.5 Å². The predicted molar refractivity (Wildman–Crippen MR) is 102 cm³/mol. The largest absolute Gasteiger partial charge is 0.386 e. The van der Waals surface area contributed by atoms with Crippen molar-refractivity contribution in [3.8, 4) is 11.8 Å². The summed E-state index contributed by atoms with van der Waals surface area (Å²) in [4.78, 5) is 22.8. The van der Waals surface area contributed by atoms with Crippen LogP contribution in [0.4, 0.5) is 15.9 Å². The topological polar surface area (TPSA) is 80.9 Å². The molecule has 1 aromatic carbocycles. The number of anilines is 1. The molecule has 1 unspecified atom stereocenters. The van der Waals surface area contributed by atoms with Gasteiger partial charge in [0.05, 0.1) is 11.5 Å². The Balaban J connectivity index is 1.49. The molecule has 0 N–H and O–H groups in total. The number of nitro groups is 1. The van der Waals surface area contributed by atoms with Crippen LogP contribution in [0.3, 0.4) is 0 Å². The van der Waals surface area contributed by atoms with Crippen LogP contribution in [0.2, 0.25) is 0 Å². The Kier molecular flexibility index (Phi) is 4.43. The van der Waals surface area contributed by atoms with Crippen LogP contribution in [0.15, 0.2) is 41.6 Å². The van der Waals surface area contributed by atoms with Crippen LogP contribution in [-0.2, 0) is 4.84 Å². The molecule has 1 atom stereocenters. The molecule has 2 aliphatic heterocycles. The van der Waals surface area contributed by atoms with Gasteiger partial charge in [-0.05, 0) is 37.1 Å². The summed E-state index contributed by atoms with van der Waals surface area (Å²) in [6.45, 7) is 2.82. The van der Waals surface area contributed by atoms with Crippen molar-refractivity contribution in [3.05, 3.63) is 63.6 Å². The van der Waals surface area contributed by atoms with Gasteiger partial charge in [0.25, 0.3) is 0 Å². The second-order valence-corrected chi connectivity index (χ2v) is 6.97. The first kappa shape index (κ1) is 17.9. The average Bonchev–Trinajstić information content (AvgIpc) is 3.27. The summed E-state index contributed by atoms with van der Waals surface area (Å²) in [5.74, 6) is 5.84. The van der Waals surface area contributed by atoms with Crippen LogP contribution in [0.25, 0.3) is 0 Å². The average molecular weight is 380 g/mol. The van der Waals surface area contributed by atoms with Gasteiger partial charge in [-0.1, -0.05) is 17.1 Å². The van der Waals surface area contributed by atoms with E-state index in [4.69, 9.17) is 4.84 Å². The van der Waals surface area contributed by atoms with Gasteiger partial charge < -0.3 is 9.74 Å². The van der Waals surface area contributed by atoms with Gasteiger partial charge >= 0.3 is 5.69 Å². The minimum atomic E-state index is -0.564.